The van der Waals surface area contributed by atoms with Gasteiger partial charge in [-0.3, -0.25) is 0 Å². The Balaban J connectivity index is 2.34. The summed E-state index contributed by atoms with van der Waals surface area (Å²) in [7, 11) is 1.65. The summed E-state index contributed by atoms with van der Waals surface area (Å²) in [5.41, 5.74) is 2.12. The Labute approximate surface area is 132 Å². The molecule has 2 aromatic carbocycles. The van der Waals surface area contributed by atoms with Crippen LogP contribution in [0, 0.1) is 11.3 Å². The van der Waals surface area contributed by atoms with Crippen molar-refractivity contribution in [3.63, 3.8) is 0 Å². The van der Waals surface area contributed by atoms with Crippen molar-refractivity contribution in [3.8, 4) is 17.6 Å². The zero-order chi connectivity index (χ0) is 15.9. The van der Waals surface area contributed by atoms with Gasteiger partial charge >= 0.3 is 0 Å². The average molecular weight is 295 g/mol. The Morgan fingerprint density at radius 3 is 2.32 bits per heavy atom. The monoisotopic (exact) mass is 295 g/mol. The van der Waals surface area contributed by atoms with E-state index in [-0.39, 0.29) is 12.0 Å². The Hall–Kier alpha value is -2.47. The van der Waals surface area contributed by atoms with Gasteiger partial charge in [-0.15, -0.1) is 0 Å². The van der Waals surface area contributed by atoms with Crippen molar-refractivity contribution in [1.29, 1.82) is 5.26 Å². The second kappa shape index (κ2) is 7.51. The van der Waals surface area contributed by atoms with Crippen LogP contribution in [-0.2, 0) is 0 Å². The second-order valence-electron chi connectivity index (χ2n) is 5.39. The highest BCUT2D eigenvalue weighted by Gasteiger charge is 2.18. The third-order valence-electron chi connectivity index (χ3n) is 3.46. The topological polar surface area (TPSA) is 42.2 Å². The van der Waals surface area contributed by atoms with Crippen molar-refractivity contribution in [2.45, 2.75) is 32.3 Å². The Kier molecular flexibility index (Phi) is 5.43. The SMILES string of the molecule is COc1ccccc1[C@H](CC#N)c1ccc(OC(C)C)cc1. The molecule has 0 bridgehead atoms. The molecule has 0 amide bonds. The van der Waals surface area contributed by atoms with Gasteiger partial charge in [-0.1, -0.05) is 30.3 Å². The molecular weight excluding hydrogens is 274 g/mol. The van der Waals surface area contributed by atoms with Gasteiger partial charge in [0.15, 0.2) is 0 Å². The quantitative estimate of drug-likeness (QED) is 0.786. The summed E-state index contributed by atoms with van der Waals surface area (Å²) in [6.07, 6.45) is 0.556. The average Bonchev–Trinajstić information content (AvgIpc) is 2.53. The van der Waals surface area contributed by atoms with Gasteiger partial charge in [0.25, 0.3) is 0 Å². The van der Waals surface area contributed by atoms with E-state index in [2.05, 4.69) is 6.07 Å². The molecule has 0 fully saturated rings. The van der Waals surface area contributed by atoms with E-state index < -0.39 is 0 Å². The van der Waals surface area contributed by atoms with E-state index in [0.29, 0.717) is 6.42 Å². The summed E-state index contributed by atoms with van der Waals surface area (Å²) in [5.74, 6) is 1.65. The highest BCUT2D eigenvalue weighted by atomic mass is 16.5. The number of methoxy groups -OCH3 is 1. The lowest BCUT2D eigenvalue weighted by atomic mass is 9.88. The van der Waals surface area contributed by atoms with Gasteiger partial charge in [-0.05, 0) is 37.6 Å². The molecule has 1 atom stereocenters. The third-order valence-corrected chi connectivity index (χ3v) is 3.46. The fraction of sp³-hybridized carbons (Fsp3) is 0.316. The fourth-order valence-corrected chi connectivity index (χ4v) is 2.50. The lowest BCUT2D eigenvalue weighted by molar-refractivity contribution is 0.242. The molecule has 0 saturated heterocycles. The van der Waals surface area contributed by atoms with Gasteiger partial charge in [-0.2, -0.15) is 5.26 Å². The first-order valence-electron chi connectivity index (χ1n) is 7.42. The summed E-state index contributed by atoms with van der Waals surface area (Å²) in [6.45, 7) is 4.00. The molecule has 3 nitrogen and oxygen atoms in total. The molecule has 2 rings (SSSR count). The number of rotatable bonds is 6. The van der Waals surface area contributed by atoms with Crippen molar-refractivity contribution < 1.29 is 9.47 Å². The molecule has 0 N–H and O–H groups in total. The molecule has 2 aromatic rings. The molecule has 0 heterocycles. The molecule has 0 spiro atoms. The van der Waals surface area contributed by atoms with Crippen LogP contribution in [0.15, 0.2) is 48.5 Å². The van der Waals surface area contributed by atoms with Crippen LogP contribution in [0.3, 0.4) is 0 Å². The second-order valence-corrected chi connectivity index (χ2v) is 5.39. The van der Waals surface area contributed by atoms with Gasteiger partial charge < -0.3 is 9.47 Å². The van der Waals surface area contributed by atoms with Gasteiger partial charge in [0.1, 0.15) is 11.5 Å². The van der Waals surface area contributed by atoms with Gasteiger partial charge in [0, 0.05) is 17.9 Å². The molecule has 22 heavy (non-hydrogen) atoms. The van der Waals surface area contributed by atoms with E-state index in [1.54, 1.807) is 7.11 Å². The van der Waals surface area contributed by atoms with Gasteiger partial charge in [0.05, 0.1) is 19.3 Å². The third kappa shape index (κ3) is 3.79. The molecule has 0 saturated carbocycles. The summed E-state index contributed by atoms with van der Waals surface area (Å²) in [6, 6.07) is 18.1. The van der Waals surface area contributed by atoms with E-state index in [9.17, 15) is 5.26 Å². The van der Waals surface area contributed by atoms with Crippen LogP contribution in [0.25, 0.3) is 0 Å². The minimum atomic E-state index is -0.00532. The maximum Gasteiger partial charge on any atom is 0.122 e. The summed E-state index contributed by atoms with van der Waals surface area (Å²) in [5, 5.41) is 9.18. The first-order valence-corrected chi connectivity index (χ1v) is 7.42. The number of benzene rings is 2. The summed E-state index contributed by atoms with van der Waals surface area (Å²) >= 11 is 0. The molecule has 0 aliphatic heterocycles. The van der Waals surface area contributed by atoms with E-state index >= 15 is 0 Å². The normalized spacial score (nSPS) is 11.8. The highest BCUT2D eigenvalue weighted by molar-refractivity contribution is 5.43. The predicted molar refractivity (Wildman–Crippen MR) is 87.3 cm³/mol. The number of nitrogens with zero attached hydrogens (tertiary/aromatic N) is 1. The molecular formula is C19H21NO2. The smallest absolute Gasteiger partial charge is 0.122 e. The lowest BCUT2D eigenvalue weighted by Gasteiger charge is -2.18. The van der Waals surface area contributed by atoms with Crippen LogP contribution in [0.2, 0.25) is 0 Å². The van der Waals surface area contributed by atoms with Gasteiger partial charge in [0.2, 0.25) is 0 Å². The van der Waals surface area contributed by atoms with Crippen molar-refractivity contribution >= 4 is 0 Å². The Bertz CT molecular complexity index is 641. The van der Waals surface area contributed by atoms with Crippen LogP contribution in [-0.4, -0.2) is 13.2 Å². The van der Waals surface area contributed by atoms with Crippen LogP contribution < -0.4 is 9.47 Å². The number of para-hydroxylation sites is 1. The van der Waals surface area contributed by atoms with E-state index in [1.807, 2.05) is 62.4 Å². The van der Waals surface area contributed by atoms with Gasteiger partial charge in [-0.25, -0.2) is 0 Å². The zero-order valence-corrected chi connectivity index (χ0v) is 13.2. The van der Waals surface area contributed by atoms with E-state index in [1.165, 1.54) is 0 Å². The van der Waals surface area contributed by atoms with Crippen molar-refractivity contribution in [1.82, 2.24) is 0 Å². The first kappa shape index (κ1) is 15.9. The van der Waals surface area contributed by atoms with E-state index in [4.69, 9.17) is 9.47 Å². The first-order chi connectivity index (χ1) is 10.7. The highest BCUT2D eigenvalue weighted by Crippen LogP contribution is 2.34. The maximum atomic E-state index is 9.18. The maximum absolute atomic E-state index is 9.18. The van der Waals surface area contributed by atoms with E-state index in [0.717, 1.165) is 22.6 Å². The van der Waals surface area contributed by atoms with Crippen LogP contribution in [0.4, 0.5) is 0 Å². The van der Waals surface area contributed by atoms with Crippen LogP contribution in [0.1, 0.15) is 37.3 Å². The minimum absolute atomic E-state index is 0.00532. The predicted octanol–water partition coefficient (Wildman–Crippen LogP) is 4.53. The minimum Gasteiger partial charge on any atom is -0.496 e. The number of ether oxygens (including phenoxy) is 2. The Morgan fingerprint density at radius 1 is 1.05 bits per heavy atom. The largest absolute Gasteiger partial charge is 0.496 e. The zero-order valence-electron chi connectivity index (χ0n) is 13.2. The van der Waals surface area contributed by atoms with Crippen LogP contribution in [0.5, 0.6) is 11.5 Å². The lowest BCUT2D eigenvalue weighted by Crippen LogP contribution is -2.06. The molecule has 0 aliphatic carbocycles. The summed E-state index contributed by atoms with van der Waals surface area (Å²) in [4.78, 5) is 0. The Morgan fingerprint density at radius 2 is 1.73 bits per heavy atom. The molecule has 3 heteroatoms. The van der Waals surface area contributed by atoms with Crippen molar-refractivity contribution in [2.24, 2.45) is 0 Å². The molecule has 0 aliphatic rings. The fourth-order valence-electron chi connectivity index (χ4n) is 2.50. The number of hydrogen-bond acceptors (Lipinski definition) is 3. The number of nitriles is 1. The molecule has 0 radical (unpaired) electrons. The van der Waals surface area contributed by atoms with Crippen molar-refractivity contribution in [2.75, 3.05) is 7.11 Å². The molecule has 114 valence electrons. The summed E-state index contributed by atoms with van der Waals surface area (Å²) < 4.78 is 11.1. The molecule has 0 aromatic heterocycles. The van der Waals surface area contributed by atoms with Crippen LogP contribution >= 0.6 is 0 Å². The number of hydrogen-bond donors (Lipinski definition) is 0. The molecule has 0 unspecified atom stereocenters. The van der Waals surface area contributed by atoms with Crippen molar-refractivity contribution in [3.05, 3.63) is 59.7 Å². The standard InChI is InChI=1S/C19H21NO2/c1-14(2)22-16-10-8-15(9-11-16)17(12-13-20)18-6-4-5-7-19(18)21-3/h4-11,14,17H,12H2,1-3H3/t17-/m1/s1.